The number of thioether (sulfide) groups is 1. The lowest BCUT2D eigenvalue weighted by Crippen LogP contribution is -2.12. The van der Waals surface area contributed by atoms with E-state index in [0.717, 1.165) is 33.1 Å². The minimum Gasteiger partial charge on any atom is -0.338 e. The number of benzene rings is 3. The summed E-state index contributed by atoms with van der Waals surface area (Å²) in [5, 5.41) is 17.9. The van der Waals surface area contributed by atoms with Gasteiger partial charge in [-0.1, -0.05) is 66.4 Å². The van der Waals surface area contributed by atoms with E-state index in [9.17, 15) is 4.79 Å². The second-order valence-electron chi connectivity index (χ2n) is 7.71. The lowest BCUT2D eigenvalue weighted by atomic mass is 10.1. The van der Waals surface area contributed by atoms with Crippen LogP contribution in [0.15, 0.2) is 77.3 Å². The number of H-pyrrole nitrogens is 1. The van der Waals surface area contributed by atoms with Crippen LogP contribution in [0.1, 0.15) is 6.42 Å². The van der Waals surface area contributed by atoms with Gasteiger partial charge in [-0.25, -0.2) is 9.97 Å². The Balaban J connectivity index is 1.07. The molecule has 0 saturated carbocycles. The fourth-order valence-electron chi connectivity index (χ4n) is 3.80. The summed E-state index contributed by atoms with van der Waals surface area (Å²) in [5.74, 6) is 0.453. The molecule has 3 aromatic heterocycles. The molecular weight excluding hydrogens is 464 g/mol. The summed E-state index contributed by atoms with van der Waals surface area (Å²) in [6.07, 6.45) is 0.323. The Labute approximate surface area is 202 Å². The molecule has 9 heteroatoms. The van der Waals surface area contributed by atoms with Crippen LogP contribution >= 0.6 is 23.1 Å². The Hall–Kier alpha value is -3.82. The zero-order valence-corrected chi connectivity index (χ0v) is 19.5. The normalized spacial score (nSPS) is 11.4. The summed E-state index contributed by atoms with van der Waals surface area (Å²) in [5.41, 5.74) is 4.32. The monoisotopic (exact) mass is 482 g/mol. The number of para-hydroxylation sites is 1. The number of thiazole rings is 1. The van der Waals surface area contributed by atoms with Gasteiger partial charge in [-0.2, -0.15) is 0 Å². The number of aromatic nitrogens is 5. The highest BCUT2D eigenvalue weighted by Gasteiger charge is 2.11. The van der Waals surface area contributed by atoms with E-state index in [1.54, 1.807) is 0 Å². The zero-order chi connectivity index (χ0) is 22.9. The van der Waals surface area contributed by atoms with Crippen molar-refractivity contribution in [2.24, 2.45) is 0 Å². The van der Waals surface area contributed by atoms with E-state index < -0.39 is 0 Å². The summed E-state index contributed by atoms with van der Waals surface area (Å²) in [6, 6.07) is 22.4. The Morgan fingerprint density at radius 3 is 2.76 bits per heavy atom. The van der Waals surface area contributed by atoms with Gasteiger partial charge >= 0.3 is 0 Å². The van der Waals surface area contributed by atoms with Crippen molar-refractivity contribution in [2.75, 3.05) is 11.1 Å². The van der Waals surface area contributed by atoms with Gasteiger partial charge in [0.1, 0.15) is 5.52 Å². The molecule has 6 aromatic rings. The predicted octanol–water partition coefficient (Wildman–Crippen LogP) is 5.90. The molecule has 0 bridgehead atoms. The van der Waals surface area contributed by atoms with E-state index >= 15 is 0 Å². The first-order valence-corrected chi connectivity index (χ1v) is 12.6. The molecule has 3 heterocycles. The second-order valence-corrected chi connectivity index (χ2v) is 9.63. The Bertz CT molecular complexity index is 1660. The minimum absolute atomic E-state index is 0.0911. The number of hydrogen-bond donors (Lipinski definition) is 2. The Morgan fingerprint density at radius 2 is 1.82 bits per heavy atom. The number of amides is 1. The van der Waals surface area contributed by atoms with E-state index in [4.69, 9.17) is 0 Å². The highest BCUT2D eigenvalue weighted by Crippen LogP contribution is 2.28. The highest BCUT2D eigenvalue weighted by molar-refractivity contribution is 7.99. The molecule has 0 aliphatic heterocycles. The van der Waals surface area contributed by atoms with Crippen LogP contribution in [0.5, 0.6) is 0 Å². The molecule has 0 aliphatic rings. The third-order valence-corrected chi connectivity index (χ3v) is 7.06. The maximum atomic E-state index is 12.4. The molecule has 0 aliphatic carbocycles. The molecule has 3 aromatic carbocycles. The van der Waals surface area contributed by atoms with Crippen LogP contribution in [0.25, 0.3) is 44.1 Å². The summed E-state index contributed by atoms with van der Waals surface area (Å²) >= 11 is 2.83. The van der Waals surface area contributed by atoms with Gasteiger partial charge in [0, 0.05) is 34.0 Å². The van der Waals surface area contributed by atoms with Crippen molar-refractivity contribution in [3.8, 4) is 11.3 Å². The first-order chi connectivity index (χ1) is 16.7. The SMILES string of the molecule is O=C(CCSc1nnc2c(n1)[nH]c1ccccc12)Nc1nc(-c2ccc3ccccc3c2)cs1. The van der Waals surface area contributed by atoms with Gasteiger partial charge in [0.05, 0.1) is 5.69 Å². The number of carbonyl (C=O) groups excluding carboxylic acids is 1. The number of anilines is 1. The molecule has 166 valence electrons. The van der Waals surface area contributed by atoms with Crippen LogP contribution in [-0.2, 0) is 4.79 Å². The van der Waals surface area contributed by atoms with Crippen molar-refractivity contribution in [1.29, 1.82) is 0 Å². The topological polar surface area (TPSA) is 96.5 Å². The number of fused-ring (bicyclic) bond motifs is 4. The van der Waals surface area contributed by atoms with E-state index in [2.05, 4.69) is 60.8 Å². The molecule has 1 amide bonds. The van der Waals surface area contributed by atoms with Crippen LogP contribution < -0.4 is 5.32 Å². The molecule has 0 radical (unpaired) electrons. The maximum Gasteiger partial charge on any atom is 0.226 e. The molecule has 0 spiro atoms. The molecule has 0 fully saturated rings. The van der Waals surface area contributed by atoms with Crippen molar-refractivity contribution >= 4 is 67.0 Å². The largest absolute Gasteiger partial charge is 0.338 e. The summed E-state index contributed by atoms with van der Waals surface area (Å²) < 4.78 is 0. The zero-order valence-electron chi connectivity index (χ0n) is 17.9. The van der Waals surface area contributed by atoms with Gasteiger partial charge in [-0.3, -0.25) is 4.79 Å². The molecule has 34 heavy (non-hydrogen) atoms. The number of rotatable bonds is 6. The van der Waals surface area contributed by atoms with Gasteiger partial charge in [-0.05, 0) is 22.9 Å². The summed E-state index contributed by atoms with van der Waals surface area (Å²) in [4.78, 5) is 24.8. The van der Waals surface area contributed by atoms with Gasteiger partial charge in [-0.15, -0.1) is 21.5 Å². The molecule has 7 nitrogen and oxygen atoms in total. The summed E-state index contributed by atoms with van der Waals surface area (Å²) in [7, 11) is 0. The summed E-state index contributed by atoms with van der Waals surface area (Å²) in [6.45, 7) is 0. The average Bonchev–Trinajstić information content (AvgIpc) is 3.48. The lowest BCUT2D eigenvalue weighted by molar-refractivity contribution is -0.115. The van der Waals surface area contributed by atoms with Gasteiger partial charge in [0.15, 0.2) is 10.8 Å². The molecular formula is C25H18N6OS2. The first-order valence-electron chi connectivity index (χ1n) is 10.7. The number of aromatic amines is 1. The maximum absolute atomic E-state index is 12.4. The number of nitrogens with zero attached hydrogens (tertiary/aromatic N) is 4. The number of carbonyl (C=O) groups is 1. The fourth-order valence-corrected chi connectivity index (χ4v) is 5.26. The molecule has 0 saturated heterocycles. The molecule has 6 rings (SSSR count). The number of nitrogens with one attached hydrogen (secondary N) is 2. The standard InChI is InChI=1S/C25H18N6OS2/c32-21(11-12-33-25-29-23-22(30-31-25)18-7-3-4-8-19(18)26-23)28-24-27-20(14-34-24)17-10-9-15-5-1-2-6-16(15)13-17/h1-10,13-14H,11-12H2,(H,26,29,31)(H,27,28,32). The third-order valence-electron chi connectivity index (χ3n) is 5.46. The van der Waals surface area contributed by atoms with Crippen LogP contribution in [-0.4, -0.2) is 36.8 Å². The first kappa shape index (κ1) is 20.8. The van der Waals surface area contributed by atoms with Gasteiger partial charge < -0.3 is 10.3 Å². The van der Waals surface area contributed by atoms with Crippen LogP contribution in [0.3, 0.4) is 0 Å². The van der Waals surface area contributed by atoms with Gasteiger partial charge in [0.25, 0.3) is 0 Å². The third kappa shape index (κ3) is 4.11. The van der Waals surface area contributed by atoms with Crippen molar-refractivity contribution in [3.63, 3.8) is 0 Å². The predicted molar refractivity (Wildman–Crippen MR) is 138 cm³/mol. The molecule has 0 atom stereocenters. The lowest BCUT2D eigenvalue weighted by Gasteiger charge is -2.02. The van der Waals surface area contributed by atoms with Crippen molar-refractivity contribution in [1.82, 2.24) is 25.1 Å². The van der Waals surface area contributed by atoms with Crippen molar-refractivity contribution < 1.29 is 4.79 Å². The van der Waals surface area contributed by atoms with Crippen LogP contribution in [0.2, 0.25) is 0 Å². The smallest absolute Gasteiger partial charge is 0.226 e. The van der Waals surface area contributed by atoms with Gasteiger partial charge in [0.2, 0.25) is 11.1 Å². The Kier molecular flexibility index (Phi) is 5.40. The quantitative estimate of drug-likeness (QED) is 0.287. The second kappa shape index (κ2) is 8.85. The number of hydrogen-bond acceptors (Lipinski definition) is 7. The van der Waals surface area contributed by atoms with Crippen LogP contribution in [0.4, 0.5) is 5.13 Å². The fraction of sp³-hybridized carbons (Fsp3) is 0.0800. The molecule has 2 N–H and O–H groups in total. The molecule has 0 unspecified atom stereocenters. The van der Waals surface area contributed by atoms with E-state index in [0.29, 0.717) is 28.1 Å². The van der Waals surface area contributed by atoms with Crippen molar-refractivity contribution in [2.45, 2.75) is 11.6 Å². The Morgan fingerprint density at radius 1 is 0.971 bits per heavy atom. The minimum atomic E-state index is -0.0911. The van der Waals surface area contributed by atoms with Crippen LogP contribution in [0, 0.1) is 0 Å². The van der Waals surface area contributed by atoms with E-state index in [1.165, 1.54) is 28.5 Å². The van der Waals surface area contributed by atoms with Crippen molar-refractivity contribution in [3.05, 3.63) is 72.1 Å². The highest BCUT2D eigenvalue weighted by atomic mass is 32.2. The van der Waals surface area contributed by atoms with E-state index in [1.807, 2.05) is 41.8 Å². The van der Waals surface area contributed by atoms with E-state index in [-0.39, 0.29) is 5.91 Å². The average molecular weight is 483 g/mol.